The summed E-state index contributed by atoms with van der Waals surface area (Å²) in [7, 11) is 0. The van der Waals surface area contributed by atoms with Crippen LogP contribution in [-0.4, -0.2) is 19.1 Å². The van der Waals surface area contributed by atoms with E-state index in [1.807, 2.05) is 0 Å². The van der Waals surface area contributed by atoms with Crippen molar-refractivity contribution in [1.82, 2.24) is 5.32 Å². The van der Waals surface area contributed by atoms with Crippen LogP contribution in [-0.2, 0) is 11.3 Å². The van der Waals surface area contributed by atoms with Gasteiger partial charge in [-0.15, -0.1) is 12.4 Å². The smallest absolute Gasteiger partial charge is 0.387 e. The van der Waals surface area contributed by atoms with Gasteiger partial charge in [-0.2, -0.15) is 8.78 Å². The molecular formula is C15H21ClF2N2O2. The number of alkyl halides is 2. The Morgan fingerprint density at radius 1 is 1.36 bits per heavy atom. The Morgan fingerprint density at radius 2 is 2.09 bits per heavy atom. The van der Waals surface area contributed by atoms with Gasteiger partial charge in [-0.3, -0.25) is 4.79 Å². The van der Waals surface area contributed by atoms with Crippen LogP contribution in [0.15, 0.2) is 24.3 Å². The summed E-state index contributed by atoms with van der Waals surface area (Å²) in [5, 5.41) is 2.80. The number of ether oxygens (including phenoxy) is 1. The average molecular weight is 335 g/mol. The Morgan fingerprint density at radius 3 is 2.77 bits per heavy atom. The van der Waals surface area contributed by atoms with Crippen molar-refractivity contribution in [3.63, 3.8) is 0 Å². The van der Waals surface area contributed by atoms with Crippen molar-refractivity contribution < 1.29 is 18.3 Å². The number of para-hydroxylation sites is 1. The lowest BCUT2D eigenvalue weighted by Crippen LogP contribution is -2.34. The number of amides is 1. The minimum Gasteiger partial charge on any atom is -0.434 e. The maximum Gasteiger partial charge on any atom is 0.387 e. The van der Waals surface area contributed by atoms with E-state index in [2.05, 4.69) is 10.1 Å². The summed E-state index contributed by atoms with van der Waals surface area (Å²) in [4.78, 5) is 12.2. The Balaban J connectivity index is 0.00000242. The lowest BCUT2D eigenvalue weighted by molar-refractivity contribution is -0.126. The first-order valence-corrected chi connectivity index (χ1v) is 7.12. The second kappa shape index (κ2) is 8.90. The fraction of sp³-hybridized carbons (Fsp3) is 0.533. The van der Waals surface area contributed by atoms with Crippen LogP contribution < -0.4 is 15.8 Å². The molecule has 1 aliphatic carbocycles. The maximum absolute atomic E-state index is 12.3. The average Bonchev–Trinajstić information content (AvgIpc) is 2.94. The third-order valence-corrected chi connectivity index (χ3v) is 3.94. The van der Waals surface area contributed by atoms with E-state index in [-0.39, 0.29) is 42.4 Å². The zero-order valence-electron chi connectivity index (χ0n) is 12.1. The van der Waals surface area contributed by atoms with Crippen molar-refractivity contribution in [2.45, 2.75) is 32.4 Å². The van der Waals surface area contributed by atoms with Crippen molar-refractivity contribution in [2.24, 2.45) is 17.6 Å². The highest BCUT2D eigenvalue weighted by Crippen LogP contribution is 2.31. The van der Waals surface area contributed by atoms with Gasteiger partial charge in [-0.05, 0) is 31.4 Å². The number of hydrogen-bond donors (Lipinski definition) is 2. The molecule has 0 radical (unpaired) electrons. The lowest BCUT2D eigenvalue weighted by atomic mass is 9.95. The number of rotatable bonds is 6. The van der Waals surface area contributed by atoms with Gasteiger partial charge in [0.15, 0.2) is 0 Å². The van der Waals surface area contributed by atoms with E-state index in [4.69, 9.17) is 5.73 Å². The second-order valence-electron chi connectivity index (χ2n) is 5.24. The Kier molecular flexibility index (Phi) is 7.55. The SMILES string of the molecule is Cl.NC[C@H]1CCC[C@H]1C(=O)NCc1ccccc1OC(F)F. The van der Waals surface area contributed by atoms with Gasteiger partial charge in [-0.25, -0.2) is 0 Å². The Bertz CT molecular complexity index is 488. The van der Waals surface area contributed by atoms with E-state index in [1.54, 1.807) is 18.2 Å². The van der Waals surface area contributed by atoms with Crippen molar-refractivity contribution in [3.05, 3.63) is 29.8 Å². The summed E-state index contributed by atoms with van der Waals surface area (Å²) < 4.78 is 29.1. The molecule has 0 aromatic heterocycles. The van der Waals surface area contributed by atoms with Crippen molar-refractivity contribution in [1.29, 1.82) is 0 Å². The number of carbonyl (C=O) groups excluding carboxylic acids is 1. The molecule has 124 valence electrons. The van der Waals surface area contributed by atoms with E-state index >= 15 is 0 Å². The number of carbonyl (C=O) groups is 1. The van der Waals surface area contributed by atoms with Crippen LogP contribution in [0, 0.1) is 11.8 Å². The quantitative estimate of drug-likeness (QED) is 0.840. The monoisotopic (exact) mass is 334 g/mol. The van der Waals surface area contributed by atoms with Crippen LogP contribution in [0.2, 0.25) is 0 Å². The molecule has 1 aromatic carbocycles. The largest absolute Gasteiger partial charge is 0.434 e. The summed E-state index contributed by atoms with van der Waals surface area (Å²) in [6.07, 6.45) is 2.81. The molecule has 2 rings (SSSR count). The molecule has 1 aliphatic rings. The van der Waals surface area contributed by atoms with E-state index in [9.17, 15) is 13.6 Å². The molecule has 0 bridgehead atoms. The highest BCUT2D eigenvalue weighted by Gasteiger charge is 2.31. The molecule has 7 heteroatoms. The van der Waals surface area contributed by atoms with Crippen LogP contribution >= 0.6 is 12.4 Å². The van der Waals surface area contributed by atoms with E-state index in [0.29, 0.717) is 12.1 Å². The van der Waals surface area contributed by atoms with Gasteiger partial charge in [0.1, 0.15) is 5.75 Å². The van der Waals surface area contributed by atoms with Gasteiger partial charge in [-0.1, -0.05) is 24.6 Å². The van der Waals surface area contributed by atoms with Crippen molar-refractivity contribution in [3.8, 4) is 5.75 Å². The molecule has 1 saturated carbocycles. The minimum atomic E-state index is -2.88. The van der Waals surface area contributed by atoms with E-state index in [1.165, 1.54) is 6.07 Å². The van der Waals surface area contributed by atoms with Crippen LogP contribution in [0.1, 0.15) is 24.8 Å². The zero-order chi connectivity index (χ0) is 15.2. The number of halogens is 3. The molecule has 1 aromatic rings. The van der Waals surface area contributed by atoms with Crippen molar-refractivity contribution >= 4 is 18.3 Å². The summed E-state index contributed by atoms with van der Waals surface area (Å²) >= 11 is 0. The number of benzene rings is 1. The zero-order valence-corrected chi connectivity index (χ0v) is 13.0. The molecule has 0 unspecified atom stereocenters. The molecule has 1 amide bonds. The topological polar surface area (TPSA) is 64.4 Å². The highest BCUT2D eigenvalue weighted by molar-refractivity contribution is 5.85. The maximum atomic E-state index is 12.3. The summed E-state index contributed by atoms with van der Waals surface area (Å²) in [5.74, 6) is 0.181. The predicted molar refractivity (Wildman–Crippen MR) is 82.1 cm³/mol. The van der Waals surface area contributed by atoms with Crippen LogP contribution in [0.3, 0.4) is 0 Å². The van der Waals surface area contributed by atoms with Gasteiger partial charge in [0, 0.05) is 18.0 Å². The summed E-state index contributed by atoms with van der Waals surface area (Å²) in [6, 6.07) is 6.46. The van der Waals surface area contributed by atoms with Gasteiger partial charge in [0.25, 0.3) is 0 Å². The minimum absolute atomic E-state index is 0. The van der Waals surface area contributed by atoms with Crippen molar-refractivity contribution in [2.75, 3.05) is 6.54 Å². The van der Waals surface area contributed by atoms with E-state index < -0.39 is 6.61 Å². The number of nitrogens with two attached hydrogens (primary N) is 1. The first-order chi connectivity index (χ1) is 10.1. The molecule has 22 heavy (non-hydrogen) atoms. The molecular weight excluding hydrogens is 314 g/mol. The predicted octanol–water partition coefficient (Wildman–Crippen LogP) is 2.70. The summed E-state index contributed by atoms with van der Waals surface area (Å²) in [5.41, 5.74) is 6.20. The van der Waals surface area contributed by atoms with Crippen LogP contribution in [0.4, 0.5) is 8.78 Å². The molecule has 1 fully saturated rings. The fourth-order valence-corrected chi connectivity index (χ4v) is 2.84. The third kappa shape index (κ3) is 4.81. The first-order valence-electron chi connectivity index (χ1n) is 7.12. The standard InChI is InChI=1S/C15H20F2N2O2.ClH/c16-15(17)21-13-7-2-1-4-11(13)9-19-14(20)12-6-3-5-10(12)8-18;/h1-2,4,7,10,12,15H,3,5-6,8-9,18H2,(H,19,20);1H/t10-,12-;/m1./s1. The van der Waals surface area contributed by atoms with Crippen LogP contribution in [0.25, 0.3) is 0 Å². The molecule has 4 nitrogen and oxygen atoms in total. The highest BCUT2D eigenvalue weighted by atomic mass is 35.5. The van der Waals surface area contributed by atoms with E-state index in [0.717, 1.165) is 19.3 Å². The van der Waals surface area contributed by atoms with Gasteiger partial charge >= 0.3 is 6.61 Å². The van der Waals surface area contributed by atoms with Gasteiger partial charge in [0.2, 0.25) is 5.91 Å². The number of nitrogens with one attached hydrogen (secondary N) is 1. The van der Waals surface area contributed by atoms with Gasteiger partial charge < -0.3 is 15.8 Å². The fourth-order valence-electron chi connectivity index (χ4n) is 2.84. The molecule has 0 saturated heterocycles. The Labute approximate surface area is 134 Å². The second-order valence-corrected chi connectivity index (χ2v) is 5.24. The first kappa shape index (κ1) is 18.6. The molecule has 0 spiro atoms. The summed E-state index contributed by atoms with van der Waals surface area (Å²) in [6.45, 7) is -2.20. The third-order valence-electron chi connectivity index (χ3n) is 3.94. The molecule has 0 aliphatic heterocycles. The van der Waals surface area contributed by atoms with Crippen LogP contribution in [0.5, 0.6) is 5.75 Å². The Hall–Kier alpha value is -1.40. The lowest BCUT2D eigenvalue weighted by Gasteiger charge is -2.18. The molecule has 3 N–H and O–H groups in total. The molecule has 2 atom stereocenters. The number of hydrogen-bond acceptors (Lipinski definition) is 3. The normalized spacial score (nSPS) is 20.5. The van der Waals surface area contributed by atoms with Gasteiger partial charge in [0.05, 0.1) is 0 Å². The molecule has 0 heterocycles.